The quantitative estimate of drug-likeness (QED) is 0.709. The first kappa shape index (κ1) is 12.9. The maximum absolute atomic E-state index is 11.9. The van der Waals surface area contributed by atoms with Crippen LogP contribution < -0.4 is 5.32 Å². The van der Waals surface area contributed by atoms with Crippen LogP contribution in [-0.2, 0) is 10.0 Å². The van der Waals surface area contributed by atoms with E-state index in [2.05, 4.69) is 5.32 Å². The molecule has 15 heavy (non-hydrogen) atoms. The van der Waals surface area contributed by atoms with Crippen LogP contribution in [0.2, 0.25) is 0 Å². The number of sulfonamides is 1. The molecule has 0 spiro atoms. The molecule has 0 saturated heterocycles. The van der Waals surface area contributed by atoms with Crippen LogP contribution >= 0.6 is 0 Å². The fraction of sp³-hybridized carbons (Fsp3) is 1.00. The van der Waals surface area contributed by atoms with Crippen molar-refractivity contribution in [1.29, 1.82) is 0 Å². The lowest BCUT2D eigenvalue weighted by molar-refractivity contribution is 0.419. The van der Waals surface area contributed by atoms with Gasteiger partial charge in [-0.05, 0) is 12.8 Å². The molecule has 0 aromatic heterocycles. The molecule has 0 heterocycles. The van der Waals surface area contributed by atoms with Crippen molar-refractivity contribution in [2.45, 2.75) is 45.7 Å². The molecule has 90 valence electrons. The fourth-order valence-electron chi connectivity index (χ4n) is 1.64. The standard InChI is InChI=1S/C10H22N2O2S/c1-4-12(10-5-6-10)15(13,14)8-7-11-9(2)3/h9-11H,4-8H2,1-3H3. The highest BCUT2D eigenvalue weighted by atomic mass is 32.2. The van der Waals surface area contributed by atoms with Gasteiger partial charge in [-0.15, -0.1) is 0 Å². The van der Waals surface area contributed by atoms with Crippen molar-refractivity contribution >= 4 is 10.0 Å². The third kappa shape index (κ3) is 4.09. The van der Waals surface area contributed by atoms with Crippen molar-refractivity contribution in [2.24, 2.45) is 0 Å². The second-order valence-electron chi connectivity index (χ2n) is 4.36. The van der Waals surface area contributed by atoms with Crippen molar-refractivity contribution < 1.29 is 8.42 Å². The average molecular weight is 234 g/mol. The summed E-state index contributed by atoms with van der Waals surface area (Å²) in [5, 5.41) is 3.13. The minimum Gasteiger partial charge on any atom is -0.313 e. The summed E-state index contributed by atoms with van der Waals surface area (Å²) >= 11 is 0. The highest BCUT2D eigenvalue weighted by Crippen LogP contribution is 2.28. The van der Waals surface area contributed by atoms with Crippen molar-refractivity contribution in [3.05, 3.63) is 0 Å². The summed E-state index contributed by atoms with van der Waals surface area (Å²) in [6, 6.07) is 0.634. The Hall–Kier alpha value is -0.130. The zero-order chi connectivity index (χ0) is 11.5. The fourth-order valence-corrected chi connectivity index (χ4v) is 3.31. The number of nitrogens with zero attached hydrogens (tertiary/aromatic N) is 1. The van der Waals surface area contributed by atoms with E-state index in [1.807, 2.05) is 20.8 Å². The SMILES string of the molecule is CCN(C1CC1)S(=O)(=O)CCNC(C)C. The minimum absolute atomic E-state index is 0.218. The molecule has 0 aliphatic heterocycles. The molecule has 1 rings (SSSR count). The van der Waals surface area contributed by atoms with E-state index in [0.717, 1.165) is 12.8 Å². The lowest BCUT2D eigenvalue weighted by Gasteiger charge is -2.20. The number of rotatable bonds is 7. The smallest absolute Gasteiger partial charge is 0.215 e. The summed E-state index contributed by atoms with van der Waals surface area (Å²) in [7, 11) is -3.03. The Bertz CT molecular complexity index is 284. The second-order valence-corrected chi connectivity index (χ2v) is 6.40. The lowest BCUT2D eigenvalue weighted by Crippen LogP contribution is -2.38. The van der Waals surface area contributed by atoms with Gasteiger partial charge >= 0.3 is 0 Å². The van der Waals surface area contributed by atoms with E-state index in [1.54, 1.807) is 4.31 Å². The molecule has 0 bridgehead atoms. The Morgan fingerprint density at radius 1 is 1.40 bits per heavy atom. The molecule has 0 amide bonds. The zero-order valence-corrected chi connectivity index (χ0v) is 10.7. The van der Waals surface area contributed by atoms with Gasteiger partial charge in [-0.3, -0.25) is 0 Å². The van der Waals surface area contributed by atoms with Crippen molar-refractivity contribution in [2.75, 3.05) is 18.8 Å². The molecular formula is C10H22N2O2S. The molecule has 0 atom stereocenters. The van der Waals surface area contributed by atoms with Crippen molar-refractivity contribution in [3.63, 3.8) is 0 Å². The van der Waals surface area contributed by atoms with Crippen LogP contribution in [0.4, 0.5) is 0 Å². The summed E-state index contributed by atoms with van der Waals surface area (Å²) in [4.78, 5) is 0. The molecule has 1 aliphatic rings. The van der Waals surface area contributed by atoms with E-state index in [1.165, 1.54) is 0 Å². The normalized spacial score (nSPS) is 17.7. The number of hydrogen-bond acceptors (Lipinski definition) is 3. The zero-order valence-electron chi connectivity index (χ0n) is 9.86. The summed E-state index contributed by atoms with van der Waals surface area (Å²) in [6.45, 7) is 7.10. The predicted molar refractivity (Wildman–Crippen MR) is 62.3 cm³/mol. The van der Waals surface area contributed by atoms with Crippen LogP contribution in [0, 0.1) is 0 Å². The van der Waals surface area contributed by atoms with Gasteiger partial charge < -0.3 is 5.32 Å². The second kappa shape index (κ2) is 5.27. The van der Waals surface area contributed by atoms with E-state index >= 15 is 0 Å². The highest BCUT2D eigenvalue weighted by Gasteiger charge is 2.35. The van der Waals surface area contributed by atoms with Gasteiger partial charge in [0, 0.05) is 25.2 Å². The first-order chi connectivity index (χ1) is 6.97. The monoisotopic (exact) mass is 234 g/mol. The van der Waals surface area contributed by atoms with Crippen LogP contribution in [0.25, 0.3) is 0 Å². The molecular weight excluding hydrogens is 212 g/mol. The molecule has 1 aliphatic carbocycles. The van der Waals surface area contributed by atoms with Gasteiger partial charge in [0.25, 0.3) is 0 Å². The van der Waals surface area contributed by atoms with E-state index in [9.17, 15) is 8.42 Å². The third-order valence-corrected chi connectivity index (χ3v) is 4.53. The lowest BCUT2D eigenvalue weighted by atomic mass is 10.4. The average Bonchev–Trinajstić information content (AvgIpc) is 2.87. The Kier molecular flexibility index (Phi) is 4.55. The van der Waals surface area contributed by atoms with Gasteiger partial charge in [0.15, 0.2) is 0 Å². The molecule has 1 saturated carbocycles. The minimum atomic E-state index is -3.03. The summed E-state index contributed by atoms with van der Waals surface area (Å²) in [5.41, 5.74) is 0. The third-order valence-electron chi connectivity index (χ3n) is 2.54. The van der Waals surface area contributed by atoms with Crippen molar-refractivity contribution in [3.8, 4) is 0 Å². The molecule has 5 heteroatoms. The number of hydrogen-bond donors (Lipinski definition) is 1. The van der Waals surface area contributed by atoms with Gasteiger partial charge in [-0.2, -0.15) is 4.31 Å². The van der Waals surface area contributed by atoms with Crippen LogP contribution in [0.1, 0.15) is 33.6 Å². The van der Waals surface area contributed by atoms with Gasteiger partial charge in [0.05, 0.1) is 5.75 Å². The summed E-state index contributed by atoms with van der Waals surface area (Å²) in [6.07, 6.45) is 2.06. The molecule has 4 nitrogen and oxygen atoms in total. The van der Waals surface area contributed by atoms with Crippen molar-refractivity contribution in [1.82, 2.24) is 9.62 Å². The van der Waals surface area contributed by atoms with Gasteiger partial charge in [0.2, 0.25) is 10.0 Å². The van der Waals surface area contributed by atoms with E-state index in [-0.39, 0.29) is 5.75 Å². The molecule has 1 N–H and O–H groups in total. The van der Waals surface area contributed by atoms with Gasteiger partial charge in [-0.1, -0.05) is 20.8 Å². The molecule has 0 aromatic carbocycles. The van der Waals surface area contributed by atoms with Crippen LogP contribution in [0.3, 0.4) is 0 Å². The Labute approximate surface area is 93.1 Å². The van der Waals surface area contributed by atoms with Crippen LogP contribution in [0.15, 0.2) is 0 Å². The molecule has 0 aromatic rings. The van der Waals surface area contributed by atoms with Gasteiger partial charge in [-0.25, -0.2) is 8.42 Å². The predicted octanol–water partition coefficient (Wildman–Crippen LogP) is 0.798. The topological polar surface area (TPSA) is 49.4 Å². The molecule has 0 unspecified atom stereocenters. The highest BCUT2D eigenvalue weighted by molar-refractivity contribution is 7.89. The largest absolute Gasteiger partial charge is 0.313 e. The summed E-state index contributed by atoms with van der Waals surface area (Å²) in [5.74, 6) is 0.218. The number of nitrogens with one attached hydrogen (secondary N) is 1. The molecule has 0 radical (unpaired) electrons. The van der Waals surface area contributed by atoms with Crippen LogP contribution in [0.5, 0.6) is 0 Å². The Morgan fingerprint density at radius 2 is 2.00 bits per heavy atom. The maximum atomic E-state index is 11.9. The first-order valence-corrected chi connectivity index (χ1v) is 7.31. The summed E-state index contributed by atoms with van der Waals surface area (Å²) < 4.78 is 25.5. The maximum Gasteiger partial charge on any atom is 0.215 e. The van der Waals surface area contributed by atoms with E-state index in [0.29, 0.717) is 25.2 Å². The van der Waals surface area contributed by atoms with E-state index < -0.39 is 10.0 Å². The molecule has 1 fully saturated rings. The Morgan fingerprint density at radius 3 is 2.40 bits per heavy atom. The van der Waals surface area contributed by atoms with Crippen LogP contribution in [-0.4, -0.2) is 43.6 Å². The van der Waals surface area contributed by atoms with Gasteiger partial charge in [0.1, 0.15) is 0 Å². The Balaban J connectivity index is 2.42. The van der Waals surface area contributed by atoms with E-state index in [4.69, 9.17) is 0 Å². The first-order valence-electron chi connectivity index (χ1n) is 5.70.